The van der Waals surface area contributed by atoms with Crippen molar-refractivity contribution < 1.29 is 23.5 Å². The third-order valence-corrected chi connectivity index (χ3v) is 5.34. The summed E-state index contributed by atoms with van der Waals surface area (Å²) in [6, 6.07) is 12.7. The molecule has 2 aromatic rings. The first-order chi connectivity index (χ1) is 16.0. The Morgan fingerprint density at radius 1 is 1.21 bits per heavy atom. The van der Waals surface area contributed by atoms with Gasteiger partial charge < -0.3 is 19.7 Å². The summed E-state index contributed by atoms with van der Waals surface area (Å²) in [5.74, 6) is -0.171. The second-order valence-electron chi connectivity index (χ2n) is 7.51. The maximum atomic E-state index is 14.7. The van der Waals surface area contributed by atoms with Gasteiger partial charge in [0.1, 0.15) is 18.1 Å². The molecule has 8 nitrogen and oxygen atoms in total. The number of hydrogen-bond acceptors (Lipinski definition) is 5. The molecule has 0 aliphatic carbocycles. The molecule has 1 heterocycles. The molecule has 0 saturated heterocycles. The molecule has 3 amide bonds. The normalized spacial score (nSPS) is 15.2. The predicted octanol–water partition coefficient (Wildman–Crippen LogP) is 3.19. The van der Waals surface area contributed by atoms with E-state index < -0.39 is 17.8 Å². The highest BCUT2D eigenvalue weighted by Crippen LogP contribution is 2.34. The molecule has 0 bridgehead atoms. The van der Waals surface area contributed by atoms with Gasteiger partial charge in [-0.1, -0.05) is 30.3 Å². The third-order valence-electron chi connectivity index (χ3n) is 5.34. The van der Waals surface area contributed by atoms with Gasteiger partial charge in [-0.25, -0.2) is 14.2 Å². The summed E-state index contributed by atoms with van der Waals surface area (Å²) in [5.41, 5.74) is 1.79. The summed E-state index contributed by atoms with van der Waals surface area (Å²) in [6.07, 6.45) is 0.332. The Morgan fingerprint density at radius 3 is 2.70 bits per heavy atom. The average molecular weight is 457 g/mol. The SMILES string of the molecule is CCNC(=O)N(CCOC)CC(=O)N1N=C(c2cccc(OC)c2)C[C@H]1c1ccccc1F. The molecule has 1 N–H and O–H groups in total. The zero-order valence-electron chi connectivity index (χ0n) is 19.1. The second-order valence-corrected chi connectivity index (χ2v) is 7.51. The van der Waals surface area contributed by atoms with E-state index in [1.165, 1.54) is 23.1 Å². The molecule has 0 saturated carbocycles. The minimum atomic E-state index is -0.626. The number of amides is 3. The molecule has 33 heavy (non-hydrogen) atoms. The number of halogens is 1. The Balaban J connectivity index is 1.92. The summed E-state index contributed by atoms with van der Waals surface area (Å²) in [4.78, 5) is 27.1. The highest BCUT2D eigenvalue weighted by Gasteiger charge is 2.35. The van der Waals surface area contributed by atoms with Crippen molar-refractivity contribution in [1.29, 1.82) is 0 Å². The van der Waals surface area contributed by atoms with Crippen LogP contribution >= 0.6 is 0 Å². The van der Waals surface area contributed by atoms with E-state index >= 15 is 0 Å². The number of carbonyl (C=O) groups excluding carboxylic acids is 2. The van der Waals surface area contributed by atoms with Gasteiger partial charge in [-0.05, 0) is 25.1 Å². The van der Waals surface area contributed by atoms with Crippen molar-refractivity contribution in [2.45, 2.75) is 19.4 Å². The van der Waals surface area contributed by atoms with E-state index in [-0.39, 0.29) is 25.7 Å². The van der Waals surface area contributed by atoms with E-state index in [2.05, 4.69) is 10.4 Å². The Bertz CT molecular complexity index is 1010. The lowest BCUT2D eigenvalue weighted by Gasteiger charge is -2.27. The van der Waals surface area contributed by atoms with Crippen LogP contribution in [0.2, 0.25) is 0 Å². The van der Waals surface area contributed by atoms with Crippen molar-refractivity contribution in [3.8, 4) is 5.75 Å². The molecule has 0 spiro atoms. The lowest BCUT2D eigenvalue weighted by Crippen LogP contribution is -2.47. The number of hydrogen-bond donors (Lipinski definition) is 1. The van der Waals surface area contributed by atoms with Crippen molar-refractivity contribution in [3.63, 3.8) is 0 Å². The van der Waals surface area contributed by atoms with Gasteiger partial charge in [0.05, 0.1) is 25.5 Å². The van der Waals surface area contributed by atoms with Crippen LogP contribution in [0.1, 0.15) is 30.5 Å². The van der Waals surface area contributed by atoms with E-state index in [9.17, 15) is 14.0 Å². The van der Waals surface area contributed by atoms with Crippen LogP contribution in [-0.4, -0.2) is 68.0 Å². The Morgan fingerprint density at radius 2 is 2.00 bits per heavy atom. The first kappa shape index (κ1) is 24.2. The third kappa shape index (κ3) is 5.87. The van der Waals surface area contributed by atoms with Gasteiger partial charge in [0.15, 0.2) is 0 Å². The molecule has 0 aromatic heterocycles. The molecule has 3 rings (SSSR count). The van der Waals surface area contributed by atoms with Crippen LogP contribution in [0.15, 0.2) is 53.6 Å². The van der Waals surface area contributed by atoms with Crippen LogP contribution < -0.4 is 10.1 Å². The van der Waals surface area contributed by atoms with Crippen LogP contribution in [-0.2, 0) is 9.53 Å². The van der Waals surface area contributed by atoms with Crippen LogP contribution in [0.25, 0.3) is 0 Å². The molecule has 1 aliphatic heterocycles. The fraction of sp³-hybridized carbons (Fsp3) is 0.375. The number of nitrogens with one attached hydrogen (secondary N) is 1. The lowest BCUT2D eigenvalue weighted by molar-refractivity contribution is -0.133. The largest absolute Gasteiger partial charge is 0.497 e. The van der Waals surface area contributed by atoms with Crippen LogP contribution in [0.4, 0.5) is 9.18 Å². The molecule has 1 atom stereocenters. The molecular weight excluding hydrogens is 427 g/mol. The quantitative estimate of drug-likeness (QED) is 0.628. The van der Waals surface area contributed by atoms with E-state index in [1.54, 1.807) is 32.2 Å². The van der Waals surface area contributed by atoms with E-state index in [0.717, 1.165) is 5.56 Å². The van der Waals surface area contributed by atoms with Gasteiger partial charge in [-0.3, -0.25) is 4.79 Å². The standard InChI is InChI=1S/C24H29FN4O4/c1-4-26-24(31)28(12-13-32-2)16-23(30)29-22(19-10-5-6-11-20(19)25)15-21(27-29)17-8-7-9-18(14-17)33-3/h5-11,14,22H,4,12-13,15-16H2,1-3H3,(H,26,31)/t22-/m0/s1. The number of rotatable bonds is 9. The average Bonchev–Trinajstić information content (AvgIpc) is 3.27. The molecular formula is C24H29FN4O4. The van der Waals surface area contributed by atoms with Gasteiger partial charge in [0.25, 0.3) is 5.91 Å². The summed E-state index contributed by atoms with van der Waals surface area (Å²) < 4.78 is 25.1. The number of hydrazone groups is 1. The van der Waals surface area contributed by atoms with Gasteiger partial charge >= 0.3 is 6.03 Å². The Hall–Kier alpha value is -3.46. The topological polar surface area (TPSA) is 83.5 Å². The minimum Gasteiger partial charge on any atom is -0.497 e. The number of ether oxygens (including phenoxy) is 2. The number of methoxy groups -OCH3 is 2. The van der Waals surface area contributed by atoms with Gasteiger partial charge in [-0.15, -0.1) is 0 Å². The fourth-order valence-corrected chi connectivity index (χ4v) is 3.66. The lowest BCUT2D eigenvalue weighted by atomic mass is 9.98. The molecule has 176 valence electrons. The smallest absolute Gasteiger partial charge is 0.317 e. The van der Waals surface area contributed by atoms with Gasteiger partial charge in [0.2, 0.25) is 0 Å². The molecule has 0 radical (unpaired) electrons. The summed E-state index contributed by atoms with van der Waals surface area (Å²) in [7, 11) is 3.10. The van der Waals surface area contributed by atoms with Crippen molar-refractivity contribution >= 4 is 17.6 Å². The molecule has 1 aliphatic rings. The van der Waals surface area contributed by atoms with Crippen molar-refractivity contribution in [3.05, 3.63) is 65.5 Å². The van der Waals surface area contributed by atoms with Crippen molar-refractivity contribution in [1.82, 2.24) is 15.2 Å². The van der Waals surface area contributed by atoms with E-state index in [0.29, 0.717) is 30.0 Å². The monoisotopic (exact) mass is 456 g/mol. The highest BCUT2D eigenvalue weighted by molar-refractivity contribution is 6.03. The zero-order chi connectivity index (χ0) is 23.8. The zero-order valence-corrected chi connectivity index (χ0v) is 19.1. The number of urea groups is 1. The maximum Gasteiger partial charge on any atom is 0.317 e. The fourth-order valence-electron chi connectivity index (χ4n) is 3.66. The predicted molar refractivity (Wildman–Crippen MR) is 123 cm³/mol. The van der Waals surface area contributed by atoms with Crippen molar-refractivity contribution in [2.75, 3.05) is 40.5 Å². The Labute approximate surface area is 193 Å². The number of nitrogens with zero attached hydrogens (tertiary/aromatic N) is 3. The second kappa shape index (κ2) is 11.4. The van der Waals surface area contributed by atoms with Gasteiger partial charge in [-0.2, -0.15) is 5.10 Å². The summed E-state index contributed by atoms with van der Waals surface area (Å²) in [5, 5.41) is 8.54. The minimum absolute atomic E-state index is 0.213. The molecule has 9 heteroatoms. The van der Waals surface area contributed by atoms with E-state index in [4.69, 9.17) is 9.47 Å². The first-order valence-electron chi connectivity index (χ1n) is 10.8. The summed E-state index contributed by atoms with van der Waals surface area (Å²) in [6.45, 7) is 2.52. The first-order valence-corrected chi connectivity index (χ1v) is 10.8. The highest BCUT2D eigenvalue weighted by atomic mass is 19.1. The van der Waals surface area contributed by atoms with Crippen LogP contribution in [0.3, 0.4) is 0 Å². The van der Waals surface area contributed by atoms with Crippen LogP contribution in [0.5, 0.6) is 5.75 Å². The number of benzene rings is 2. The van der Waals surface area contributed by atoms with Crippen LogP contribution in [0, 0.1) is 5.82 Å². The number of carbonyl (C=O) groups is 2. The summed E-state index contributed by atoms with van der Waals surface area (Å²) >= 11 is 0. The molecule has 0 fully saturated rings. The Kier molecular flexibility index (Phi) is 8.37. The molecule has 2 aromatic carbocycles. The molecule has 0 unspecified atom stereocenters. The van der Waals surface area contributed by atoms with Crippen molar-refractivity contribution in [2.24, 2.45) is 5.10 Å². The van der Waals surface area contributed by atoms with Gasteiger partial charge in [0, 0.05) is 37.7 Å². The maximum absolute atomic E-state index is 14.7. The van der Waals surface area contributed by atoms with E-state index in [1.807, 2.05) is 24.3 Å².